The highest BCUT2D eigenvalue weighted by Gasteiger charge is 2.02. The minimum Gasteiger partial charge on any atom is -0.321 e. The van der Waals surface area contributed by atoms with Crippen molar-refractivity contribution >= 4 is 31.9 Å². The molecule has 0 bridgehead atoms. The van der Waals surface area contributed by atoms with Crippen LogP contribution in [-0.4, -0.2) is 0 Å². The molecule has 0 saturated heterocycles. The maximum absolute atomic E-state index is 5.76. The van der Waals surface area contributed by atoms with Crippen LogP contribution in [0.2, 0.25) is 0 Å². The molecule has 0 aliphatic heterocycles. The molecule has 0 spiro atoms. The molecule has 1 aromatic carbocycles. The molecule has 64 valence electrons. The lowest BCUT2D eigenvalue weighted by Gasteiger charge is -2.07. The van der Waals surface area contributed by atoms with Gasteiger partial charge in [-0.2, -0.15) is 0 Å². The fraction of sp³-hybridized carbons (Fsp3) is 0.111. The first-order valence-corrected chi connectivity index (χ1v) is 5.07. The second-order valence-electron chi connectivity index (χ2n) is 2.44. The third kappa shape index (κ3) is 2.19. The van der Waals surface area contributed by atoms with Gasteiger partial charge in [0.25, 0.3) is 0 Å². The number of halogens is 2. The number of nitrogens with two attached hydrogens (primary N) is 1. The Morgan fingerprint density at radius 1 is 1.33 bits per heavy atom. The minimum atomic E-state index is -0.0885. The quantitative estimate of drug-likeness (QED) is 0.830. The molecule has 12 heavy (non-hydrogen) atoms. The normalized spacial score (nSPS) is 12.6. The zero-order valence-corrected chi connectivity index (χ0v) is 9.60. The minimum absolute atomic E-state index is 0.0885. The molecule has 2 N–H and O–H groups in total. The SMILES string of the molecule is C=C[C@@H](N)c1ccc(Br)c(Br)c1. The van der Waals surface area contributed by atoms with Gasteiger partial charge in [0, 0.05) is 15.0 Å². The van der Waals surface area contributed by atoms with Crippen molar-refractivity contribution in [3.63, 3.8) is 0 Å². The fourth-order valence-electron chi connectivity index (χ4n) is 0.856. The van der Waals surface area contributed by atoms with Crippen LogP contribution in [0.4, 0.5) is 0 Å². The summed E-state index contributed by atoms with van der Waals surface area (Å²) in [7, 11) is 0. The van der Waals surface area contributed by atoms with Crippen LogP contribution in [0.5, 0.6) is 0 Å². The average Bonchev–Trinajstić information content (AvgIpc) is 2.08. The summed E-state index contributed by atoms with van der Waals surface area (Å²) >= 11 is 6.79. The van der Waals surface area contributed by atoms with Gasteiger partial charge in [-0.05, 0) is 49.6 Å². The summed E-state index contributed by atoms with van der Waals surface area (Å²) in [5.41, 5.74) is 6.81. The predicted octanol–water partition coefficient (Wildman–Crippen LogP) is 3.40. The van der Waals surface area contributed by atoms with Gasteiger partial charge in [-0.1, -0.05) is 12.1 Å². The van der Waals surface area contributed by atoms with E-state index in [4.69, 9.17) is 5.73 Å². The summed E-state index contributed by atoms with van der Waals surface area (Å²) in [5.74, 6) is 0. The molecule has 0 saturated carbocycles. The van der Waals surface area contributed by atoms with Crippen molar-refractivity contribution in [1.29, 1.82) is 0 Å². The van der Waals surface area contributed by atoms with Crippen LogP contribution in [0.3, 0.4) is 0 Å². The second-order valence-corrected chi connectivity index (χ2v) is 4.14. The highest BCUT2D eigenvalue weighted by molar-refractivity contribution is 9.13. The van der Waals surface area contributed by atoms with Crippen LogP contribution >= 0.6 is 31.9 Å². The maximum atomic E-state index is 5.76. The predicted molar refractivity (Wildman–Crippen MR) is 59.0 cm³/mol. The number of hydrogen-bond donors (Lipinski definition) is 1. The second kappa shape index (κ2) is 4.21. The van der Waals surface area contributed by atoms with E-state index in [0.717, 1.165) is 14.5 Å². The molecule has 0 aliphatic carbocycles. The molecule has 1 atom stereocenters. The Balaban J connectivity index is 3.04. The fourth-order valence-corrected chi connectivity index (χ4v) is 1.50. The van der Waals surface area contributed by atoms with Crippen molar-refractivity contribution in [2.24, 2.45) is 5.73 Å². The van der Waals surface area contributed by atoms with Gasteiger partial charge >= 0.3 is 0 Å². The molecule has 1 nitrogen and oxygen atoms in total. The lowest BCUT2D eigenvalue weighted by molar-refractivity contribution is 0.913. The Hall–Kier alpha value is -0.120. The first kappa shape index (κ1) is 9.96. The van der Waals surface area contributed by atoms with E-state index in [1.807, 2.05) is 18.2 Å². The smallest absolute Gasteiger partial charge is 0.0478 e. The van der Waals surface area contributed by atoms with E-state index in [1.54, 1.807) is 6.08 Å². The van der Waals surface area contributed by atoms with Gasteiger partial charge in [-0.25, -0.2) is 0 Å². The summed E-state index contributed by atoms with van der Waals surface area (Å²) < 4.78 is 2.04. The van der Waals surface area contributed by atoms with Crippen molar-refractivity contribution in [1.82, 2.24) is 0 Å². The summed E-state index contributed by atoms with van der Waals surface area (Å²) in [6, 6.07) is 5.83. The lowest BCUT2D eigenvalue weighted by Crippen LogP contribution is -2.05. The lowest BCUT2D eigenvalue weighted by atomic mass is 10.1. The highest BCUT2D eigenvalue weighted by atomic mass is 79.9. The topological polar surface area (TPSA) is 26.0 Å². The molecule has 1 aromatic rings. The van der Waals surface area contributed by atoms with Crippen molar-refractivity contribution in [2.75, 3.05) is 0 Å². The van der Waals surface area contributed by atoms with E-state index in [2.05, 4.69) is 38.4 Å². The van der Waals surface area contributed by atoms with Crippen molar-refractivity contribution < 1.29 is 0 Å². The average molecular weight is 291 g/mol. The van der Waals surface area contributed by atoms with E-state index < -0.39 is 0 Å². The molecule has 0 unspecified atom stereocenters. The van der Waals surface area contributed by atoms with E-state index in [9.17, 15) is 0 Å². The molecule has 0 fully saturated rings. The van der Waals surface area contributed by atoms with Gasteiger partial charge in [0.05, 0.1) is 0 Å². The molecular weight excluding hydrogens is 282 g/mol. The summed E-state index contributed by atoms with van der Waals surface area (Å²) in [6.07, 6.45) is 1.72. The van der Waals surface area contributed by atoms with E-state index in [-0.39, 0.29) is 6.04 Å². The van der Waals surface area contributed by atoms with Gasteiger partial charge in [-0.15, -0.1) is 6.58 Å². The van der Waals surface area contributed by atoms with E-state index in [1.165, 1.54) is 0 Å². The zero-order valence-electron chi connectivity index (χ0n) is 6.43. The third-order valence-corrected chi connectivity index (χ3v) is 3.46. The molecule has 1 rings (SSSR count). The van der Waals surface area contributed by atoms with Gasteiger partial charge in [0.1, 0.15) is 0 Å². The molecule has 0 amide bonds. The van der Waals surface area contributed by atoms with Crippen molar-refractivity contribution in [2.45, 2.75) is 6.04 Å². The van der Waals surface area contributed by atoms with Crippen LogP contribution in [-0.2, 0) is 0 Å². The van der Waals surface area contributed by atoms with Crippen molar-refractivity contribution in [3.05, 3.63) is 45.4 Å². The Bertz CT molecular complexity index is 297. The molecule has 0 aromatic heterocycles. The van der Waals surface area contributed by atoms with Gasteiger partial charge in [0.15, 0.2) is 0 Å². The first-order chi connectivity index (χ1) is 5.65. The Labute approximate surface area is 88.9 Å². The first-order valence-electron chi connectivity index (χ1n) is 3.48. The molecular formula is C9H9Br2N. The molecule has 0 radical (unpaired) electrons. The number of rotatable bonds is 2. The Morgan fingerprint density at radius 3 is 2.50 bits per heavy atom. The summed E-state index contributed by atoms with van der Waals surface area (Å²) in [6.45, 7) is 3.64. The van der Waals surface area contributed by atoms with Crippen LogP contribution in [0.15, 0.2) is 39.8 Å². The maximum Gasteiger partial charge on any atom is 0.0478 e. The zero-order chi connectivity index (χ0) is 9.14. The summed E-state index contributed by atoms with van der Waals surface area (Å²) in [5, 5.41) is 0. The molecule has 0 heterocycles. The van der Waals surface area contributed by atoms with Crippen LogP contribution in [0, 0.1) is 0 Å². The number of hydrogen-bond acceptors (Lipinski definition) is 1. The van der Waals surface area contributed by atoms with Crippen molar-refractivity contribution in [3.8, 4) is 0 Å². The standard InChI is InChI=1S/C9H9Br2N/c1-2-9(12)6-3-4-7(10)8(11)5-6/h2-5,9H,1,12H2/t9-/m1/s1. The van der Waals surface area contributed by atoms with E-state index >= 15 is 0 Å². The molecule has 3 heteroatoms. The third-order valence-electron chi connectivity index (χ3n) is 1.58. The van der Waals surface area contributed by atoms with E-state index in [0.29, 0.717) is 0 Å². The monoisotopic (exact) mass is 289 g/mol. The van der Waals surface area contributed by atoms with Crippen LogP contribution < -0.4 is 5.73 Å². The molecule has 0 aliphatic rings. The van der Waals surface area contributed by atoms with Gasteiger partial charge < -0.3 is 5.73 Å². The van der Waals surface area contributed by atoms with Crippen LogP contribution in [0.1, 0.15) is 11.6 Å². The Morgan fingerprint density at radius 2 is 2.00 bits per heavy atom. The largest absolute Gasteiger partial charge is 0.321 e. The highest BCUT2D eigenvalue weighted by Crippen LogP contribution is 2.25. The van der Waals surface area contributed by atoms with Gasteiger partial charge in [0.2, 0.25) is 0 Å². The number of benzene rings is 1. The summed E-state index contributed by atoms with van der Waals surface area (Å²) in [4.78, 5) is 0. The Kier molecular flexibility index (Phi) is 3.50. The van der Waals surface area contributed by atoms with Gasteiger partial charge in [-0.3, -0.25) is 0 Å². The van der Waals surface area contributed by atoms with Crippen LogP contribution in [0.25, 0.3) is 0 Å².